The number of piperidine rings is 2. The molecule has 0 unspecified atom stereocenters. The highest BCUT2D eigenvalue weighted by Crippen LogP contribution is 2.38. The number of amides is 11. The van der Waals surface area contributed by atoms with Gasteiger partial charge in [0.2, 0.25) is 45.5 Å². The highest BCUT2D eigenvalue weighted by atomic mass is 32.2. The zero-order valence-electron chi connectivity index (χ0n) is 52.5. The van der Waals surface area contributed by atoms with Gasteiger partial charge in [-0.15, -0.1) is 0 Å². The number of hydrogen-bond acceptors (Lipinski definition) is 16. The first-order chi connectivity index (χ1) is 41.8. The van der Waals surface area contributed by atoms with Crippen molar-refractivity contribution >= 4 is 69.2 Å². The molecule has 26 nitrogen and oxygen atoms in total. The lowest BCUT2D eigenvalue weighted by molar-refractivity contribution is -0.148. The lowest BCUT2D eigenvalue weighted by Crippen LogP contribution is -2.51. The molecule has 1 aromatic rings. The molecule has 5 aliphatic heterocycles. The summed E-state index contributed by atoms with van der Waals surface area (Å²) < 4.78 is 30.1. The summed E-state index contributed by atoms with van der Waals surface area (Å²) in [5.74, 6) is -8.35. The van der Waals surface area contributed by atoms with E-state index in [4.69, 9.17) is 4.74 Å². The zero-order chi connectivity index (χ0) is 64.6. The average molecular weight is 1260 g/mol. The van der Waals surface area contributed by atoms with Gasteiger partial charge < -0.3 is 24.3 Å². The third-order valence-electron chi connectivity index (χ3n) is 19.0. The van der Waals surface area contributed by atoms with Crippen molar-refractivity contribution in [3.8, 4) is 0 Å². The van der Waals surface area contributed by atoms with E-state index in [2.05, 4.69) is 0 Å². The summed E-state index contributed by atoms with van der Waals surface area (Å²) in [5, 5.41) is 28.0. The van der Waals surface area contributed by atoms with E-state index in [1.54, 1.807) is 71.4 Å². The second-order valence-corrected chi connectivity index (χ2v) is 27.9. The van der Waals surface area contributed by atoms with Crippen LogP contribution in [-0.4, -0.2) is 215 Å². The number of rotatable bonds is 22. The first-order valence-electron chi connectivity index (χ1n) is 31.5. The molecule has 27 heteroatoms. The number of ether oxygens (including phenoxy) is 1. The molecule has 88 heavy (non-hydrogen) atoms. The van der Waals surface area contributed by atoms with Crippen LogP contribution in [0.1, 0.15) is 158 Å². The number of morpholine rings is 1. The molecule has 0 bridgehead atoms. The molecule has 6 N–H and O–H groups in total. The number of benzene rings is 1. The number of sulfonamides is 1. The van der Waals surface area contributed by atoms with Crippen LogP contribution in [-0.2, 0) is 48.3 Å². The average Bonchev–Trinajstić information content (AvgIpc) is 2.73. The number of hydroxylamine groups is 3. The van der Waals surface area contributed by atoms with Gasteiger partial charge in [0.05, 0.1) is 66.1 Å². The Morgan fingerprint density at radius 1 is 0.591 bits per heavy atom. The van der Waals surface area contributed by atoms with Crippen LogP contribution in [0, 0.1) is 53.3 Å². The number of imide groups is 2. The molecule has 0 aromatic heterocycles. The topological polar surface area (TPSA) is 334 Å². The Hall–Kier alpha value is -6.13. The van der Waals surface area contributed by atoms with E-state index in [0.29, 0.717) is 83.6 Å². The summed E-state index contributed by atoms with van der Waals surface area (Å²) >= 11 is 0. The largest absolute Gasteiger partial charge is 0.378 e. The fraction of sp³-hybridized carbons (Fsp3) is 0.738. The molecule has 1 aromatic carbocycles. The molecule has 11 amide bonds. The minimum absolute atomic E-state index is 0.0798. The maximum absolute atomic E-state index is 13.5. The molecule has 7 aliphatic rings. The predicted molar refractivity (Wildman–Crippen MR) is 320 cm³/mol. The second-order valence-electron chi connectivity index (χ2n) is 25.8. The quantitative estimate of drug-likeness (QED) is 0.0412. The van der Waals surface area contributed by atoms with Crippen molar-refractivity contribution in [3.63, 3.8) is 0 Å². The number of fused-ring (bicyclic) bond motifs is 1. The number of carbonyl (C=O) groups is 10. The molecule has 492 valence electrons. The summed E-state index contributed by atoms with van der Waals surface area (Å²) in [6.07, 6.45) is 17.0. The standard InChI is InChI=1S/C22H36N4O5.C21H27N3O6.C18H33N3O5S/c1-22(2)20(29)26(21(30)24(22)3)14-17(18(27)23-31)16(13-15-9-5-6-10-15)19(28)25-11-7-4-8-12-25;1-13(2)11-16(19(26)23-7-9-30-10-8-23)17(18(25)22-29)12-24-20(27)14-5-3-4-6-15(14)21(24)28;1-20(27(2,25)26)13-16(17(22)19-24)15(12-14-8-4-5-9-14)18(23)21-10-6-3-7-11-21/h15-17,31H,4-14H2,1-3H3,(H,23,27);3-6,13,16-17,29H,7-12H2,1-2H3,(H,22,25);14-16,24H,3-13H2,1-2H3,(H,19,22)/t2*16-,17+;15-,16+/m111/s1. The van der Waals surface area contributed by atoms with Gasteiger partial charge in [-0.1, -0.05) is 77.3 Å². The minimum atomic E-state index is -3.50. The van der Waals surface area contributed by atoms with Gasteiger partial charge >= 0.3 is 6.03 Å². The highest BCUT2D eigenvalue weighted by molar-refractivity contribution is 7.88. The van der Waals surface area contributed by atoms with Crippen LogP contribution in [0.2, 0.25) is 0 Å². The minimum Gasteiger partial charge on any atom is -0.378 e. The Balaban J connectivity index is 0.000000211. The maximum atomic E-state index is 13.5. The number of urea groups is 1. The van der Waals surface area contributed by atoms with Gasteiger partial charge in [0.15, 0.2) is 0 Å². The van der Waals surface area contributed by atoms with Crippen LogP contribution in [0.5, 0.6) is 0 Å². The first-order valence-corrected chi connectivity index (χ1v) is 33.3. The predicted octanol–water partition coefficient (Wildman–Crippen LogP) is 4.12. The van der Waals surface area contributed by atoms with Gasteiger partial charge in [0.25, 0.3) is 17.7 Å². The van der Waals surface area contributed by atoms with Crippen LogP contribution < -0.4 is 16.4 Å². The third kappa shape index (κ3) is 17.8. The smallest absolute Gasteiger partial charge is 0.327 e. The van der Waals surface area contributed by atoms with Crippen LogP contribution in [0.3, 0.4) is 0 Å². The van der Waals surface area contributed by atoms with Gasteiger partial charge in [-0.05, 0) is 102 Å². The van der Waals surface area contributed by atoms with E-state index in [1.807, 2.05) is 18.7 Å². The van der Waals surface area contributed by atoms with E-state index >= 15 is 0 Å². The number of likely N-dealkylation sites (N-methyl/N-ethyl adjacent to an activating group) is 1. The van der Waals surface area contributed by atoms with Crippen molar-refractivity contribution in [1.82, 2.24) is 50.1 Å². The highest BCUT2D eigenvalue weighted by Gasteiger charge is 2.52. The molecule has 0 spiro atoms. The van der Waals surface area contributed by atoms with Crippen molar-refractivity contribution in [2.24, 2.45) is 53.3 Å². The van der Waals surface area contributed by atoms with E-state index in [9.17, 15) is 72.0 Å². The van der Waals surface area contributed by atoms with Crippen LogP contribution >= 0.6 is 0 Å². The third-order valence-corrected chi connectivity index (χ3v) is 20.3. The number of nitrogens with one attached hydrogen (secondary N) is 3. The van der Waals surface area contributed by atoms with E-state index in [0.717, 1.165) is 110 Å². The van der Waals surface area contributed by atoms with E-state index in [1.165, 1.54) is 11.9 Å². The molecule has 5 heterocycles. The molecule has 6 fully saturated rings. The first kappa shape index (κ1) is 71.0. The summed E-state index contributed by atoms with van der Waals surface area (Å²) in [6, 6.07) is 5.95. The summed E-state index contributed by atoms with van der Waals surface area (Å²) in [4.78, 5) is 138. The SMILES string of the molecule is CC(C)C[C@@H](C(=O)N1CCOCC1)[C@H](CN1C(=O)c2ccccc2C1=O)C(=O)NO.CN(C[C@H](C(=O)NO)[C@@H](CC1CCCC1)C(=O)N1CCCCC1)S(C)(=O)=O.CN1C(=O)N(C[C@H](C(=O)NO)[C@@H](CC2CCCC2)C(=O)N2CCCCC2)C(=O)C1(C)C. The van der Waals surface area contributed by atoms with Crippen molar-refractivity contribution in [1.29, 1.82) is 0 Å². The number of hydrogen-bond donors (Lipinski definition) is 6. The Labute approximate surface area is 517 Å². The number of likely N-dealkylation sites (tertiary alicyclic amines) is 2. The van der Waals surface area contributed by atoms with Gasteiger partial charge in [0.1, 0.15) is 5.54 Å². The maximum Gasteiger partial charge on any atom is 0.327 e. The van der Waals surface area contributed by atoms with Crippen LogP contribution in [0.4, 0.5) is 4.79 Å². The zero-order valence-corrected chi connectivity index (χ0v) is 53.3. The van der Waals surface area contributed by atoms with Crippen LogP contribution in [0.15, 0.2) is 24.3 Å². The lowest BCUT2D eigenvalue weighted by atomic mass is 9.81. The number of nitrogens with zero attached hydrogens (tertiary/aromatic N) is 7. The molecule has 0 radical (unpaired) electrons. The number of carbonyl (C=O) groups excluding carboxylic acids is 10. The Morgan fingerprint density at radius 3 is 1.38 bits per heavy atom. The Kier molecular flexibility index (Phi) is 26.3. The fourth-order valence-electron chi connectivity index (χ4n) is 13.5. The normalized spacial score (nSPS) is 21.2. The van der Waals surface area contributed by atoms with Gasteiger partial charge in [-0.2, -0.15) is 0 Å². The molecule has 2 aliphatic carbocycles. The second kappa shape index (κ2) is 32.6. The van der Waals surface area contributed by atoms with Crippen molar-refractivity contribution in [2.45, 2.75) is 142 Å². The van der Waals surface area contributed by atoms with Crippen molar-refractivity contribution < 1.29 is 76.7 Å². The summed E-state index contributed by atoms with van der Waals surface area (Å²) in [6.45, 7) is 10.9. The molecule has 8 rings (SSSR count). The Bertz CT molecular complexity index is 2700. The summed E-state index contributed by atoms with van der Waals surface area (Å²) in [7, 11) is -0.558. The van der Waals surface area contributed by atoms with Gasteiger partial charge in [0, 0.05) is 73.0 Å². The van der Waals surface area contributed by atoms with Gasteiger partial charge in [-0.3, -0.25) is 68.6 Å². The van der Waals surface area contributed by atoms with Crippen molar-refractivity contribution in [2.75, 3.05) is 92.5 Å². The molecule has 4 saturated heterocycles. The fourth-order valence-corrected chi connectivity index (χ4v) is 14.0. The molecular weight excluding hydrogens is 1160 g/mol. The van der Waals surface area contributed by atoms with E-state index < -0.39 is 92.5 Å². The van der Waals surface area contributed by atoms with E-state index in [-0.39, 0.29) is 54.4 Å². The van der Waals surface area contributed by atoms with Crippen molar-refractivity contribution in [3.05, 3.63) is 35.4 Å². The summed E-state index contributed by atoms with van der Waals surface area (Å²) in [5.41, 5.74) is 4.48. The lowest BCUT2D eigenvalue weighted by Gasteiger charge is -2.35. The monoisotopic (exact) mass is 1260 g/mol. The molecular formula is C61H96N10O16S. The van der Waals surface area contributed by atoms with Crippen LogP contribution in [0.25, 0.3) is 0 Å². The molecule has 2 saturated carbocycles. The molecule has 6 atom stereocenters. The van der Waals surface area contributed by atoms with Gasteiger partial charge in [-0.25, -0.2) is 34.0 Å². The Morgan fingerprint density at radius 2 is 0.977 bits per heavy atom.